The third kappa shape index (κ3) is 5.24. The van der Waals surface area contributed by atoms with E-state index in [-0.39, 0.29) is 5.91 Å². The zero-order valence-corrected chi connectivity index (χ0v) is 15.5. The standard InChI is InChI=1S/C21H27NO3/c1-5-22(14-16(2)3)21(23)18-11-12-19(20(13-18)24-4)25-15-17-9-7-6-8-10-17/h6-13,16H,5,14-15H2,1-4H3. The number of amides is 1. The van der Waals surface area contributed by atoms with Gasteiger partial charge in [-0.2, -0.15) is 0 Å². The average molecular weight is 341 g/mol. The van der Waals surface area contributed by atoms with Crippen molar-refractivity contribution in [3.63, 3.8) is 0 Å². The molecule has 0 heterocycles. The number of carbonyl (C=O) groups excluding carboxylic acids is 1. The second-order valence-electron chi connectivity index (χ2n) is 6.38. The van der Waals surface area contributed by atoms with Gasteiger partial charge in [-0.3, -0.25) is 4.79 Å². The predicted molar refractivity (Wildman–Crippen MR) is 100 cm³/mol. The Morgan fingerprint density at radius 2 is 1.80 bits per heavy atom. The number of methoxy groups -OCH3 is 1. The molecule has 0 bridgehead atoms. The second-order valence-corrected chi connectivity index (χ2v) is 6.38. The first-order valence-electron chi connectivity index (χ1n) is 8.69. The lowest BCUT2D eigenvalue weighted by Gasteiger charge is -2.23. The summed E-state index contributed by atoms with van der Waals surface area (Å²) in [7, 11) is 1.59. The Morgan fingerprint density at radius 3 is 2.40 bits per heavy atom. The highest BCUT2D eigenvalue weighted by molar-refractivity contribution is 5.95. The summed E-state index contributed by atoms with van der Waals surface area (Å²) in [6, 6.07) is 15.3. The quantitative estimate of drug-likeness (QED) is 0.715. The van der Waals surface area contributed by atoms with Gasteiger partial charge in [0.05, 0.1) is 7.11 Å². The van der Waals surface area contributed by atoms with E-state index in [1.165, 1.54) is 0 Å². The molecule has 1 amide bonds. The van der Waals surface area contributed by atoms with Gasteiger partial charge < -0.3 is 14.4 Å². The molecule has 25 heavy (non-hydrogen) atoms. The van der Waals surface area contributed by atoms with E-state index in [4.69, 9.17) is 9.47 Å². The van der Waals surface area contributed by atoms with Crippen LogP contribution in [0.5, 0.6) is 11.5 Å². The van der Waals surface area contributed by atoms with Crippen molar-refractivity contribution in [3.8, 4) is 11.5 Å². The van der Waals surface area contributed by atoms with Crippen LogP contribution in [0.15, 0.2) is 48.5 Å². The van der Waals surface area contributed by atoms with Gasteiger partial charge in [-0.1, -0.05) is 44.2 Å². The summed E-state index contributed by atoms with van der Waals surface area (Å²) in [6.07, 6.45) is 0. The van der Waals surface area contributed by atoms with E-state index in [9.17, 15) is 4.79 Å². The fraction of sp³-hybridized carbons (Fsp3) is 0.381. The molecule has 0 aliphatic heterocycles. The van der Waals surface area contributed by atoms with Gasteiger partial charge in [0, 0.05) is 18.7 Å². The Bertz CT molecular complexity index is 683. The maximum Gasteiger partial charge on any atom is 0.253 e. The first-order valence-corrected chi connectivity index (χ1v) is 8.69. The van der Waals surface area contributed by atoms with Crippen LogP contribution in [-0.2, 0) is 6.61 Å². The van der Waals surface area contributed by atoms with Crippen LogP contribution in [-0.4, -0.2) is 31.0 Å². The summed E-state index contributed by atoms with van der Waals surface area (Å²) in [4.78, 5) is 14.6. The van der Waals surface area contributed by atoms with Gasteiger partial charge in [0.1, 0.15) is 6.61 Å². The minimum Gasteiger partial charge on any atom is -0.493 e. The molecule has 0 aliphatic carbocycles. The largest absolute Gasteiger partial charge is 0.493 e. The van der Waals surface area contributed by atoms with Crippen molar-refractivity contribution >= 4 is 5.91 Å². The van der Waals surface area contributed by atoms with E-state index in [0.29, 0.717) is 36.1 Å². The van der Waals surface area contributed by atoms with Gasteiger partial charge in [0.2, 0.25) is 0 Å². The molecular weight excluding hydrogens is 314 g/mol. The van der Waals surface area contributed by atoms with Crippen molar-refractivity contribution in [2.24, 2.45) is 5.92 Å². The van der Waals surface area contributed by atoms with Crippen LogP contribution >= 0.6 is 0 Å². The summed E-state index contributed by atoms with van der Waals surface area (Å²) in [6.45, 7) is 8.09. The summed E-state index contributed by atoms with van der Waals surface area (Å²) >= 11 is 0. The molecule has 134 valence electrons. The lowest BCUT2D eigenvalue weighted by molar-refractivity contribution is 0.0745. The van der Waals surface area contributed by atoms with E-state index in [1.807, 2.05) is 42.2 Å². The Kier molecular flexibility index (Phi) is 6.87. The van der Waals surface area contributed by atoms with Gasteiger partial charge >= 0.3 is 0 Å². The van der Waals surface area contributed by atoms with Crippen LogP contribution in [0.4, 0.5) is 0 Å². The molecule has 0 N–H and O–H groups in total. The predicted octanol–water partition coefficient (Wildman–Crippen LogP) is 4.39. The SMILES string of the molecule is CCN(CC(C)C)C(=O)c1ccc(OCc2ccccc2)c(OC)c1. The lowest BCUT2D eigenvalue weighted by atomic mass is 10.1. The van der Waals surface area contributed by atoms with Crippen molar-refractivity contribution in [2.45, 2.75) is 27.4 Å². The molecule has 4 heteroatoms. The zero-order valence-electron chi connectivity index (χ0n) is 15.5. The molecule has 0 unspecified atom stereocenters. The van der Waals surface area contributed by atoms with Crippen LogP contribution in [0, 0.1) is 5.92 Å². The van der Waals surface area contributed by atoms with Crippen LogP contribution in [0.3, 0.4) is 0 Å². The van der Waals surface area contributed by atoms with E-state index in [1.54, 1.807) is 25.3 Å². The second kappa shape index (κ2) is 9.11. The maximum atomic E-state index is 12.7. The van der Waals surface area contributed by atoms with E-state index in [0.717, 1.165) is 12.1 Å². The number of carbonyl (C=O) groups is 1. The summed E-state index contributed by atoms with van der Waals surface area (Å²) in [5.41, 5.74) is 1.70. The molecule has 0 saturated carbocycles. The third-order valence-corrected chi connectivity index (χ3v) is 3.90. The van der Waals surface area contributed by atoms with Gasteiger partial charge in [-0.15, -0.1) is 0 Å². The molecule has 0 radical (unpaired) electrons. The Labute approximate surface area is 150 Å². The van der Waals surface area contributed by atoms with Gasteiger partial charge in [0.25, 0.3) is 5.91 Å². The molecule has 2 aromatic rings. The van der Waals surface area contributed by atoms with Crippen molar-refractivity contribution in [2.75, 3.05) is 20.2 Å². The molecule has 0 aromatic heterocycles. The molecule has 0 atom stereocenters. The molecule has 2 rings (SSSR count). The normalized spacial score (nSPS) is 10.6. The van der Waals surface area contributed by atoms with Crippen molar-refractivity contribution < 1.29 is 14.3 Å². The zero-order chi connectivity index (χ0) is 18.2. The molecule has 0 fully saturated rings. The van der Waals surface area contributed by atoms with Gasteiger partial charge in [-0.05, 0) is 36.6 Å². The minimum atomic E-state index is 0.0177. The highest BCUT2D eigenvalue weighted by Gasteiger charge is 2.17. The number of rotatable bonds is 8. The number of nitrogens with zero attached hydrogens (tertiary/aromatic N) is 1. The summed E-state index contributed by atoms with van der Waals surface area (Å²) < 4.78 is 11.3. The first-order chi connectivity index (χ1) is 12.0. The highest BCUT2D eigenvalue weighted by atomic mass is 16.5. The Morgan fingerprint density at radius 1 is 1.08 bits per heavy atom. The molecular formula is C21H27NO3. The minimum absolute atomic E-state index is 0.0177. The third-order valence-electron chi connectivity index (χ3n) is 3.90. The molecule has 0 aliphatic rings. The van der Waals surface area contributed by atoms with Crippen molar-refractivity contribution in [1.82, 2.24) is 4.90 Å². The van der Waals surface area contributed by atoms with Crippen LogP contribution in [0.2, 0.25) is 0 Å². The summed E-state index contributed by atoms with van der Waals surface area (Å²) in [5, 5.41) is 0. The lowest BCUT2D eigenvalue weighted by Crippen LogP contribution is -2.34. The number of hydrogen-bond donors (Lipinski definition) is 0. The van der Waals surface area contributed by atoms with Crippen LogP contribution in [0.1, 0.15) is 36.7 Å². The average Bonchev–Trinajstić information content (AvgIpc) is 2.64. The fourth-order valence-electron chi connectivity index (χ4n) is 2.63. The molecule has 4 nitrogen and oxygen atoms in total. The maximum absolute atomic E-state index is 12.7. The first kappa shape index (κ1) is 18.8. The van der Waals surface area contributed by atoms with Gasteiger partial charge in [0.15, 0.2) is 11.5 Å². The summed E-state index contributed by atoms with van der Waals surface area (Å²) in [5.74, 6) is 1.65. The Balaban J connectivity index is 2.13. The smallest absolute Gasteiger partial charge is 0.253 e. The number of ether oxygens (including phenoxy) is 2. The van der Waals surface area contributed by atoms with E-state index < -0.39 is 0 Å². The van der Waals surface area contributed by atoms with Crippen LogP contribution < -0.4 is 9.47 Å². The van der Waals surface area contributed by atoms with Crippen molar-refractivity contribution in [3.05, 3.63) is 59.7 Å². The van der Waals surface area contributed by atoms with Gasteiger partial charge in [-0.25, -0.2) is 0 Å². The number of benzene rings is 2. The van der Waals surface area contributed by atoms with Crippen LogP contribution in [0.25, 0.3) is 0 Å². The monoisotopic (exact) mass is 341 g/mol. The fourth-order valence-corrected chi connectivity index (χ4v) is 2.63. The highest BCUT2D eigenvalue weighted by Crippen LogP contribution is 2.29. The molecule has 0 spiro atoms. The van der Waals surface area contributed by atoms with E-state index >= 15 is 0 Å². The Hall–Kier alpha value is -2.49. The van der Waals surface area contributed by atoms with Crippen molar-refractivity contribution in [1.29, 1.82) is 0 Å². The topological polar surface area (TPSA) is 38.8 Å². The molecule has 2 aromatic carbocycles. The molecule has 0 saturated heterocycles. The number of hydrogen-bond acceptors (Lipinski definition) is 3. The van der Waals surface area contributed by atoms with E-state index in [2.05, 4.69) is 13.8 Å².